The van der Waals surface area contributed by atoms with Gasteiger partial charge in [0, 0.05) is 37.9 Å². The molecule has 1 fully saturated rings. The second-order valence-corrected chi connectivity index (χ2v) is 7.78. The molecule has 0 bridgehead atoms. The number of carbonyl (C=O) groups excluding carboxylic acids is 1. The predicted octanol–water partition coefficient (Wildman–Crippen LogP) is 3.99. The Labute approximate surface area is 180 Å². The summed E-state index contributed by atoms with van der Waals surface area (Å²) in [5.74, 6) is 0.840. The summed E-state index contributed by atoms with van der Waals surface area (Å²) in [6.07, 6.45) is 4.85. The van der Waals surface area contributed by atoms with Gasteiger partial charge in [0.2, 0.25) is 5.91 Å². The minimum absolute atomic E-state index is 0.0242. The SMILES string of the molecule is C=CC(=O)N1CCN(c2ncnc3cc(-c4cccc5cccc(C)c45)ncc23)CC1. The third-order valence-corrected chi connectivity index (χ3v) is 5.95. The van der Waals surface area contributed by atoms with Crippen LogP contribution < -0.4 is 4.90 Å². The molecule has 5 rings (SSSR count). The summed E-state index contributed by atoms with van der Waals surface area (Å²) >= 11 is 0. The summed E-state index contributed by atoms with van der Waals surface area (Å²) in [5, 5.41) is 3.34. The first kappa shape index (κ1) is 19.2. The number of aryl methyl sites for hydroxylation is 1. The van der Waals surface area contributed by atoms with Crippen molar-refractivity contribution in [3.8, 4) is 11.3 Å². The molecule has 1 saturated heterocycles. The van der Waals surface area contributed by atoms with Gasteiger partial charge in [-0.15, -0.1) is 0 Å². The Bertz CT molecular complexity index is 1300. The van der Waals surface area contributed by atoms with E-state index < -0.39 is 0 Å². The number of hydrogen-bond acceptors (Lipinski definition) is 5. The molecule has 0 spiro atoms. The van der Waals surface area contributed by atoms with Crippen molar-refractivity contribution in [1.82, 2.24) is 19.9 Å². The van der Waals surface area contributed by atoms with Gasteiger partial charge in [0.1, 0.15) is 12.1 Å². The van der Waals surface area contributed by atoms with E-state index in [9.17, 15) is 4.79 Å². The number of benzene rings is 2. The molecule has 2 aromatic carbocycles. The average molecular weight is 409 g/mol. The van der Waals surface area contributed by atoms with Crippen molar-refractivity contribution in [3.63, 3.8) is 0 Å². The number of aromatic nitrogens is 3. The van der Waals surface area contributed by atoms with Gasteiger partial charge >= 0.3 is 0 Å². The standard InChI is InChI=1S/C25H23N5O/c1-3-23(31)29-10-12-30(13-11-29)25-20-15-26-21(14-22(20)27-16-28-25)19-9-5-8-18-7-4-6-17(2)24(18)19/h3-9,14-16H,1,10-13H2,2H3. The van der Waals surface area contributed by atoms with Crippen molar-refractivity contribution in [2.24, 2.45) is 0 Å². The Hall–Kier alpha value is -3.80. The van der Waals surface area contributed by atoms with Crippen molar-refractivity contribution in [3.05, 3.63) is 73.2 Å². The van der Waals surface area contributed by atoms with Crippen LogP contribution >= 0.6 is 0 Å². The van der Waals surface area contributed by atoms with Crippen LogP contribution in [0.2, 0.25) is 0 Å². The van der Waals surface area contributed by atoms with Crippen molar-refractivity contribution >= 4 is 33.4 Å². The van der Waals surface area contributed by atoms with Gasteiger partial charge in [-0.3, -0.25) is 9.78 Å². The zero-order valence-electron chi connectivity index (χ0n) is 17.5. The second-order valence-electron chi connectivity index (χ2n) is 7.78. The summed E-state index contributed by atoms with van der Waals surface area (Å²) in [7, 11) is 0. The first-order valence-electron chi connectivity index (χ1n) is 10.4. The Kier molecular flexibility index (Phi) is 4.82. The number of fused-ring (bicyclic) bond motifs is 2. The van der Waals surface area contributed by atoms with Crippen LogP contribution in [0.25, 0.3) is 32.9 Å². The molecule has 0 atom stereocenters. The summed E-state index contributed by atoms with van der Waals surface area (Å²) in [6, 6.07) is 14.7. The minimum atomic E-state index is -0.0242. The average Bonchev–Trinajstić information content (AvgIpc) is 2.83. The van der Waals surface area contributed by atoms with E-state index in [1.807, 2.05) is 17.2 Å². The molecule has 6 nitrogen and oxygen atoms in total. The molecule has 1 amide bonds. The van der Waals surface area contributed by atoms with E-state index in [4.69, 9.17) is 4.98 Å². The number of hydrogen-bond donors (Lipinski definition) is 0. The zero-order valence-corrected chi connectivity index (χ0v) is 17.5. The van der Waals surface area contributed by atoms with Crippen molar-refractivity contribution in [2.75, 3.05) is 31.1 Å². The number of anilines is 1. The third-order valence-electron chi connectivity index (χ3n) is 5.95. The maximum atomic E-state index is 11.9. The number of nitrogens with zero attached hydrogens (tertiary/aromatic N) is 5. The van der Waals surface area contributed by atoms with Crippen LogP contribution in [0.1, 0.15) is 5.56 Å². The molecule has 3 heterocycles. The van der Waals surface area contributed by atoms with Gasteiger partial charge in [0.25, 0.3) is 0 Å². The fourth-order valence-electron chi connectivity index (χ4n) is 4.35. The topological polar surface area (TPSA) is 62.2 Å². The number of pyridine rings is 1. The highest BCUT2D eigenvalue weighted by Gasteiger charge is 2.22. The normalized spacial score (nSPS) is 14.2. The van der Waals surface area contributed by atoms with Gasteiger partial charge in [0.15, 0.2) is 0 Å². The first-order valence-corrected chi connectivity index (χ1v) is 10.4. The molecule has 6 heteroatoms. The fourth-order valence-corrected chi connectivity index (χ4v) is 4.35. The molecule has 0 radical (unpaired) electrons. The highest BCUT2D eigenvalue weighted by atomic mass is 16.2. The first-order chi connectivity index (χ1) is 15.2. The molecule has 1 aliphatic heterocycles. The van der Waals surface area contributed by atoms with Gasteiger partial charge in [-0.05, 0) is 35.4 Å². The molecular weight excluding hydrogens is 386 g/mol. The summed E-state index contributed by atoms with van der Waals surface area (Å²) in [4.78, 5) is 29.7. The van der Waals surface area contributed by atoms with E-state index in [0.29, 0.717) is 13.1 Å². The lowest BCUT2D eigenvalue weighted by Gasteiger charge is -2.35. The molecule has 0 unspecified atom stereocenters. The highest BCUT2D eigenvalue weighted by Crippen LogP contribution is 2.32. The van der Waals surface area contributed by atoms with Gasteiger partial charge in [-0.1, -0.05) is 43.0 Å². The molecule has 0 aliphatic carbocycles. The smallest absolute Gasteiger partial charge is 0.246 e. The molecule has 31 heavy (non-hydrogen) atoms. The molecule has 0 N–H and O–H groups in total. The minimum Gasteiger partial charge on any atom is -0.352 e. The Morgan fingerprint density at radius 1 is 1.03 bits per heavy atom. The predicted molar refractivity (Wildman–Crippen MR) is 124 cm³/mol. The lowest BCUT2D eigenvalue weighted by atomic mass is 9.97. The molecule has 2 aromatic heterocycles. The lowest BCUT2D eigenvalue weighted by molar-refractivity contribution is -0.126. The van der Waals surface area contributed by atoms with E-state index in [1.165, 1.54) is 22.4 Å². The Morgan fingerprint density at radius 2 is 1.81 bits per heavy atom. The van der Waals surface area contributed by atoms with E-state index in [1.54, 1.807) is 6.33 Å². The number of rotatable bonds is 3. The quantitative estimate of drug-likeness (QED) is 0.479. The van der Waals surface area contributed by atoms with Crippen molar-refractivity contribution in [2.45, 2.75) is 6.92 Å². The van der Waals surface area contributed by atoms with E-state index in [0.717, 1.165) is 41.1 Å². The van der Waals surface area contributed by atoms with Gasteiger partial charge in [0.05, 0.1) is 16.6 Å². The Balaban J connectivity index is 1.52. The number of carbonyl (C=O) groups is 1. The van der Waals surface area contributed by atoms with Crippen molar-refractivity contribution in [1.29, 1.82) is 0 Å². The molecule has 154 valence electrons. The van der Waals surface area contributed by atoms with Crippen LogP contribution in [0.3, 0.4) is 0 Å². The molecule has 4 aromatic rings. The van der Waals surface area contributed by atoms with Crippen LogP contribution in [0.15, 0.2) is 67.6 Å². The summed E-state index contributed by atoms with van der Waals surface area (Å²) in [5.41, 5.74) is 4.10. The monoisotopic (exact) mass is 409 g/mol. The maximum Gasteiger partial charge on any atom is 0.246 e. The highest BCUT2D eigenvalue weighted by molar-refractivity contribution is 6.00. The number of amides is 1. The summed E-state index contributed by atoms with van der Waals surface area (Å²) in [6.45, 7) is 8.44. The van der Waals surface area contributed by atoms with Crippen LogP contribution in [0.5, 0.6) is 0 Å². The summed E-state index contributed by atoms with van der Waals surface area (Å²) < 4.78 is 0. The largest absolute Gasteiger partial charge is 0.352 e. The fraction of sp³-hybridized carbons (Fsp3) is 0.200. The number of piperazine rings is 1. The van der Waals surface area contributed by atoms with E-state index in [-0.39, 0.29) is 5.91 Å². The lowest BCUT2D eigenvalue weighted by Crippen LogP contribution is -2.48. The Morgan fingerprint density at radius 3 is 2.58 bits per heavy atom. The zero-order chi connectivity index (χ0) is 21.4. The maximum absolute atomic E-state index is 11.9. The van der Waals surface area contributed by atoms with E-state index >= 15 is 0 Å². The third kappa shape index (κ3) is 3.40. The van der Waals surface area contributed by atoms with Crippen LogP contribution in [-0.4, -0.2) is 51.9 Å². The molecule has 1 aliphatic rings. The van der Waals surface area contributed by atoms with Gasteiger partial charge in [-0.2, -0.15) is 0 Å². The van der Waals surface area contributed by atoms with Crippen LogP contribution in [-0.2, 0) is 4.79 Å². The molecule has 0 saturated carbocycles. The molecular formula is C25H23N5O. The van der Waals surface area contributed by atoms with Gasteiger partial charge < -0.3 is 9.80 Å². The van der Waals surface area contributed by atoms with Gasteiger partial charge in [-0.25, -0.2) is 9.97 Å². The second kappa shape index (κ2) is 7.80. The van der Waals surface area contributed by atoms with E-state index in [2.05, 4.69) is 64.8 Å². The van der Waals surface area contributed by atoms with Crippen LogP contribution in [0.4, 0.5) is 5.82 Å². The van der Waals surface area contributed by atoms with Crippen molar-refractivity contribution < 1.29 is 4.79 Å². The van der Waals surface area contributed by atoms with Crippen LogP contribution in [0, 0.1) is 6.92 Å².